The van der Waals surface area contributed by atoms with Crippen LogP contribution in [0.25, 0.3) is 0 Å². The molecule has 2 rings (SSSR count). The molecule has 0 aliphatic heterocycles. The smallest absolute Gasteiger partial charge is 0.291 e. The molecule has 0 spiro atoms. The summed E-state index contributed by atoms with van der Waals surface area (Å²) in [5.41, 5.74) is 0.957. The summed E-state index contributed by atoms with van der Waals surface area (Å²) in [6.45, 7) is 3.33. The molecular weight excluding hydrogens is 292 g/mol. The van der Waals surface area contributed by atoms with E-state index >= 15 is 0 Å². The van der Waals surface area contributed by atoms with Crippen molar-refractivity contribution in [1.82, 2.24) is 0 Å². The van der Waals surface area contributed by atoms with Crippen LogP contribution in [0.3, 0.4) is 0 Å². The zero-order chi connectivity index (χ0) is 15.4. The number of amides is 2. The van der Waals surface area contributed by atoms with Crippen LogP contribution in [0.5, 0.6) is 0 Å². The Morgan fingerprint density at radius 2 is 1.95 bits per heavy atom. The molecule has 6 heteroatoms. The average molecular weight is 307 g/mol. The van der Waals surface area contributed by atoms with E-state index in [-0.39, 0.29) is 17.6 Å². The lowest BCUT2D eigenvalue weighted by Crippen LogP contribution is -2.12. The van der Waals surface area contributed by atoms with Crippen LogP contribution in [0.1, 0.15) is 30.2 Å². The Morgan fingerprint density at radius 3 is 2.57 bits per heavy atom. The summed E-state index contributed by atoms with van der Waals surface area (Å²) >= 11 is 5.97. The summed E-state index contributed by atoms with van der Waals surface area (Å²) in [6.07, 6.45) is 0.723. The molecule has 2 aromatic rings. The van der Waals surface area contributed by atoms with Crippen molar-refractivity contribution < 1.29 is 14.0 Å². The molecule has 1 aromatic heterocycles. The summed E-state index contributed by atoms with van der Waals surface area (Å²) in [4.78, 5) is 23.1. The second-order valence-electron chi connectivity index (χ2n) is 4.45. The minimum atomic E-state index is -0.356. The highest BCUT2D eigenvalue weighted by atomic mass is 35.5. The van der Waals surface area contributed by atoms with Crippen molar-refractivity contribution in [2.45, 2.75) is 20.3 Å². The number of rotatable bonds is 4. The Hall–Kier alpha value is -2.27. The van der Waals surface area contributed by atoms with Gasteiger partial charge in [0.25, 0.3) is 5.91 Å². The first-order valence-corrected chi connectivity index (χ1v) is 6.84. The van der Waals surface area contributed by atoms with Gasteiger partial charge in [0.15, 0.2) is 5.76 Å². The quantitative estimate of drug-likeness (QED) is 0.904. The topological polar surface area (TPSA) is 71.3 Å². The summed E-state index contributed by atoms with van der Waals surface area (Å²) in [7, 11) is 0. The van der Waals surface area contributed by atoms with E-state index in [0.29, 0.717) is 16.4 Å². The van der Waals surface area contributed by atoms with Crippen LogP contribution in [-0.4, -0.2) is 11.8 Å². The molecule has 0 unspecified atom stereocenters. The molecule has 5 nitrogen and oxygen atoms in total. The lowest BCUT2D eigenvalue weighted by Gasteiger charge is -2.08. The van der Waals surface area contributed by atoms with Gasteiger partial charge in [-0.1, -0.05) is 18.5 Å². The van der Waals surface area contributed by atoms with E-state index in [4.69, 9.17) is 16.0 Å². The van der Waals surface area contributed by atoms with Crippen molar-refractivity contribution in [2.75, 3.05) is 10.6 Å². The van der Waals surface area contributed by atoms with E-state index < -0.39 is 0 Å². The van der Waals surface area contributed by atoms with Gasteiger partial charge in [-0.15, -0.1) is 0 Å². The van der Waals surface area contributed by atoms with Crippen molar-refractivity contribution in [3.8, 4) is 0 Å². The number of hydrogen-bond acceptors (Lipinski definition) is 3. The van der Waals surface area contributed by atoms with Crippen molar-refractivity contribution in [3.63, 3.8) is 0 Å². The van der Waals surface area contributed by atoms with Gasteiger partial charge < -0.3 is 15.1 Å². The number of furan rings is 1. The predicted molar refractivity (Wildman–Crippen MR) is 81.8 cm³/mol. The first-order valence-electron chi connectivity index (χ1n) is 6.46. The molecule has 110 valence electrons. The highest BCUT2D eigenvalue weighted by molar-refractivity contribution is 6.33. The summed E-state index contributed by atoms with van der Waals surface area (Å²) in [5, 5.41) is 5.69. The minimum Gasteiger partial charge on any atom is -0.456 e. The monoisotopic (exact) mass is 306 g/mol. The third-order valence-corrected chi connectivity index (χ3v) is 3.10. The molecule has 1 heterocycles. The van der Waals surface area contributed by atoms with Crippen molar-refractivity contribution >= 4 is 34.8 Å². The number of carbonyl (C=O) groups is 2. The number of benzene rings is 1. The maximum absolute atomic E-state index is 12.0. The average Bonchev–Trinajstić information content (AvgIpc) is 2.91. The molecule has 2 amide bonds. The number of nitrogens with one attached hydrogen (secondary N) is 2. The zero-order valence-corrected chi connectivity index (χ0v) is 12.5. The van der Waals surface area contributed by atoms with Gasteiger partial charge in [0.2, 0.25) is 5.91 Å². The second-order valence-corrected chi connectivity index (χ2v) is 4.86. The van der Waals surface area contributed by atoms with E-state index in [1.165, 1.54) is 6.92 Å². The normalized spacial score (nSPS) is 10.2. The maximum atomic E-state index is 12.0. The van der Waals surface area contributed by atoms with Gasteiger partial charge in [-0.25, -0.2) is 0 Å². The Bertz CT molecular complexity index is 679. The van der Waals surface area contributed by atoms with Crippen LogP contribution in [0.2, 0.25) is 5.02 Å². The first-order chi connectivity index (χ1) is 9.99. The highest BCUT2D eigenvalue weighted by Gasteiger charge is 2.12. The van der Waals surface area contributed by atoms with Crippen LogP contribution in [0, 0.1) is 0 Å². The molecule has 0 radical (unpaired) electrons. The molecule has 0 saturated carbocycles. The fourth-order valence-corrected chi connectivity index (χ4v) is 1.94. The Kier molecular flexibility index (Phi) is 4.65. The van der Waals surface area contributed by atoms with Crippen LogP contribution in [0.4, 0.5) is 11.4 Å². The van der Waals surface area contributed by atoms with E-state index in [1.54, 1.807) is 30.3 Å². The van der Waals surface area contributed by atoms with Crippen LogP contribution in [0.15, 0.2) is 34.7 Å². The number of carbonyl (C=O) groups excluding carboxylic acids is 2. The number of halogens is 1. The largest absolute Gasteiger partial charge is 0.456 e. The maximum Gasteiger partial charge on any atom is 0.291 e. The standard InChI is InChI=1S/C15H15ClN2O3/c1-3-11-5-7-14(21-11)15(20)18-10-4-6-12(16)13(8-10)17-9(2)19/h4-8H,3H2,1-2H3,(H,17,19)(H,18,20). The highest BCUT2D eigenvalue weighted by Crippen LogP contribution is 2.26. The van der Waals surface area contributed by atoms with Gasteiger partial charge >= 0.3 is 0 Å². The van der Waals surface area contributed by atoms with Crippen LogP contribution >= 0.6 is 11.6 Å². The Morgan fingerprint density at radius 1 is 1.19 bits per heavy atom. The molecule has 0 aliphatic rings. The molecular formula is C15H15ClN2O3. The molecule has 0 aliphatic carbocycles. The van der Waals surface area contributed by atoms with Gasteiger partial charge in [0, 0.05) is 19.0 Å². The molecule has 2 N–H and O–H groups in total. The summed E-state index contributed by atoms with van der Waals surface area (Å²) in [6, 6.07) is 8.22. The minimum absolute atomic E-state index is 0.237. The van der Waals surface area contributed by atoms with Gasteiger partial charge in [-0.2, -0.15) is 0 Å². The van der Waals surface area contributed by atoms with Crippen LogP contribution < -0.4 is 10.6 Å². The number of aryl methyl sites for hydroxylation is 1. The van der Waals surface area contributed by atoms with Crippen molar-refractivity contribution in [1.29, 1.82) is 0 Å². The SMILES string of the molecule is CCc1ccc(C(=O)Nc2ccc(Cl)c(NC(C)=O)c2)o1. The van der Waals surface area contributed by atoms with Gasteiger partial charge in [0.05, 0.1) is 10.7 Å². The lowest BCUT2D eigenvalue weighted by atomic mass is 10.2. The van der Waals surface area contributed by atoms with Gasteiger partial charge in [-0.05, 0) is 30.3 Å². The molecule has 21 heavy (non-hydrogen) atoms. The number of hydrogen-bond donors (Lipinski definition) is 2. The molecule has 1 aromatic carbocycles. The third kappa shape index (κ3) is 3.86. The Balaban J connectivity index is 2.15. The fourth-order valence-electron chi connectivity index (χ4n) is 1.77. The molecule has 0 atom stereocenters. The van der Waals surface area contributed by atoms with Crippen molar-refractivity contribution in [2.24, 2.45) is 0 Å². The molecule has 0 bridgehead atoms. The number of anilines is 2. The van der Waals surface area contributed by atoms with E-state index in [2.05, 4.69) is 10.6 Å². The van der Waals surface area contributed by atoms with Crippen molar-refractivity contribution in [3.05, 3.63) is 46.9 Å². The fraction of sp³-hybridized carbons (Fsp3) is 0.200. The molecule has 0 fully saturated rings. The first kappa shape index (κ1) is 15.1. The van der Waals surface area contributed by atoms with Crippen LogP contribution in [-0.2, 0) is 11.2 Å². The predicted octanol–water partition coefficient (Wildman–Crippen LogP) is 3.71. The van der Waals surface area contributed by atoms with Gasteiger partial charge in [-0.3, -0.25) is 9.59 Å². The summed E-state index contributed by atoms with van der Waals surface area (Å²) in [5.74, 6) is 0.392. The lowest BCUT2D eigenvalue weighted by molar-refractivity contribution is -0.114. The zero-order valence-electron chi connectivity index (χ0n) is 11.7. The third-order valence-electron chi connectivity index (χ3n) is 2.77. The van der Waals surface area contributed by atoms with E-state index in [1.807, 2.05) is 6.92 Å². The second kappa shape index (κ2) is 6.45. The molecule has 0 saturated heterocycles. The van der Waals surface area contributed by atoms with E-state index in [9.17, 15) is 9.59 Å². The summed E-state index contributed by atoms with van der Waals surface area (Å²) < 4.78 is 5.38. The van der Waals surface area contributed by atoms with E-state index in [0.717, 1.165) is 12.2 Å². The van der Waals surface area contributed by atoms with Gasteiger partial charge in [0.1, 0.15) is 5.76 Å². The Labute approximate surface area is 127 Å².